The summed E-state index contributed by atoms with van der Waals surface area (Å²) in [5, 5.41) is 3.50. The van der Waals surface area contributed by atoms with E-state index in [9.17, 15) is 4.79 Å². The first-order valence-corrected chi connectivity index (χ1v) is 8.67. The number of rotatable bonds is 2. The summed E-state index contributed by atoms with van der Waals surface area (Å²) >= 11 is 0. The Morgan fingerprint density at radius 1 is 1.10 bits per heavy atom. The van der Waals surface area contributed by atoms with Crippen LogP contribution in [0.3, 0.4) is 0 Å². The van der Waals surface area contributed by atoms with Crippen molar-refractivity contribution in [2.75, 3.05) is 45.9 Å². The molecule has 5 heteroatoms. The maximum Gasteiger partial charge on any atom is 0.240 e. The molecule has 4 rings (SSSR count). The van der Waals surface area contributed by atoms with Gasteiger partial charge in [-0.3, -0.25) is 9.69 Å². The molecule has 0 radical (unpaired) electrons. The second-order valence-corrected chi connectivity index (χ2v) is 7.12. The molecular weight excluding hydrogens is 266 g/mol. The van der Waals surface area contributed by atoms with Gasteiger partial charge in [0.25, 0.3) is 0 Å². The number of hydrogen-bond donors (Lipinski definition) is 1. The average molecular weight is 293 g/mol. The Kier molecular flexibility index (Phi) is 3.90. The molecule has 1 saturated carbocycles. The molecular formula is C16H27N3O2. The molecule has 1 N–H and O–H groups in total. The highest BCUT2D eigenvalue weighted by Crippen LogP contribution is 2.38. The molecule has 1 aliphatic carbocycles. The Morgan fingerprint density at radius 3 is 2.81 bits per heavy atom. The van der Waals surface area contributed by atoms with E-state index in [1.807, 2.05) is 0 Å². The number of ether oxygens (including phenoxy) is 1. The first-order chi connectivity index (χ1) is 10.3. The van der Waals surface area contributed by atoms with E-state index in [1.165, 1.54) is 19.3 Å². The van der Waals surface area contributed by atoms with E-state index in [1.54, 1.807) is 0 Å². The standard InChI is InChI=1S/C16H27N3O2/c20-16(15-14-3-1-2-12(14)10-17-15)19-5-4-13(11-19)18-6-8-21-9-7-18/h12-15,17H,1-11H2. The summed E-state index contributed by atoms with van der Waals surface area (Å²) in [4.78, 5) is 17.5. The van der Waals surface area contributed by atoms with E-state index in [-0.39, 0.29) is 6.04 Å². The van der Waals surface area contributed by atoms with Crippen LogP contribution < -0.4 is 5.32 Å². The fourth-order valence-electron chi connectivity index (χ4n) is 4.84. The van der Waals surface area contributed by atoms with Gasteiger partial charge in [-0.15, -0.1) is 0 Å². The third-order valence-electron chi connectivity index (χ3n) is 6.05. The van der Waals surface area contributed by atoms with Crippen molar-refractivity contribution < 1.29 is 9.53 Å². The molecule has 0 bridgehead atoms. The van der Waals surface area contributed by atoms with Gasteiger partial charge in [0.1, 0.15) is 0 Å². The zero-order chi connectivity index (χ0) is 14.2. The maximum absolute atomic E-state index is 12.8. The van der Waals surface area contributed by atoms with Crippen LogP contribution in [-0.2, 0) is 9.53 Å². The summed E-state index contributed by atoms with van der Waals surface area (Å²) in [7, 11) is 0. The molecule has 3 aliphatic heterocycles. The van der Waals surface area contributed by atoms with Gasteiger partial charge in [-0.2, -0.15) is 0 Å². The lowest BCUT2D eigenvalue weighted by Gasteiger charge is -2.32. The second kappa shape index (κ2) is 5.86. The summed E-state index contributed by atoms with van der Waals surface area (Å²) in [6, 6.07) is 0.666. The van der Waals surface area contributed by atoms with Gasteiger partial charge in [-0.25, -0.2) is 0 Å². The Morgan fingerprint density at radius 2 is 1.95 bits per heavy atom. The molecule has 1 amide bonds. The minimum atomic E-state index is 0.112. The number of fused-ring (bicyclic) bond motifs is 1. The molecule has 5 nitrogen and oxygen atoms in total. The molecule has 118 valence electrons. The lowest BCUT2D eigenvalue weighted by Crippen LogP contribution is -2.48. The van der Waals surface area contributed by atoms with E-state index in [0.717, 1.165) is 58.3 Å². The number of carbonyl (C=O) groups is 1. The van der Waals surface area contributed by atoms with Gasteiger partial charge in [0, 0.05) is 32.2 Å². The predicted molar refractivity (Wildman–Crippen MR) is 80.0 cm³/mol. The summed E-state index contributed by atoms with van der Waals surface area (Å²) in [6.07, 6.45) is 5.01. The molecule has 4 atom stereocenters. The van der Waals surface area contributed by atoms with Crippen molar-refractivity contribution in [3.05, 3.63) is 0 Å². The number of hydrogen-bond acceptors (Lipinski definition) is 4. The highest BCUT2D eigenvalue weighted by atomic mass is 16.5. The monoisotopic (exact) mass is 293 g/mol. The number of nitrogens with zero attached hydrogens (tertiary/aromatic N) is 2. The molecule has 3 heterocycles. The molecule has 4 fully saturated rings. The van der Waals surface area contributed by atoms with E-state index in [2.05, 4.69) is 15.1 Å². The maximum atomic E-state index is 12.8. The third kappa shape index (κ3) is 2.60. The van der Waals surface area contributed by atoms with E-state index in [0.29, 0.717) is 17.9 Å². The lowest BCUT2D eigenvalue weighted by atomic mass is 9.93. The van der Waals surface area contributed by atoms with Crippen LogP contribution in [0.1, 0.15) is 25.7 Å². The van der Waals surface area contributed by atoms with Crippen LogP contribution >= 0.6 is 0 Å². The average Bonchev–Trinajstić information content (AvgIpc) is 3.23. The van der Waals surface area contributed by atoms with Crippen molar-refractivity contribution in [1.82, 2.24) is 15.1 Å². The largest absolute Gasteiger partial charge is 0.379 e. The zero-order valence-corrected chi connectivity index (χ0v) is 12.8. The fourth-order valence-corrected chi connectivity index (χ4v) is 4.84. The van der Waals surface area contributed by atoms with Crippen LogP contribution in [-0.4, -0.2) is 73.7 Å². The normalized spacial score (nSPS) is 40.7. The van der Waals surface area contributed by atoms with Gasteiger partial charge in [0.05, 0.1) is 19.3 Å². The van der Waals surface area contributed by atoms with Crippen molar-refractivity contribution in [3.63, 3.8) is 0 Å². The van der Waals surface area contributed by atoms with Crippen LogP contribution in [0, 0.1) is 11.8 Å². The van der Waals surface area contributed by atoms with E-state index >= 15 is 0 Å². The van der Waals surface area contributed by atoms with Gasteiger partial charge < -0.3 is 15.0 Å². The minimum Gasteiger partial charge on any atom is -0.379 e. The number of amides is 1. The van der Waals surface area contributed by atoms with Crippen molar-refractivity contribution >= 4 is 5.91 Å². The van der Waals surface area contributed by atoms with Crippen LogP contribution in [0.5, 0.6) is 0 Å². The Bertz CT molecular complexity index is 397. The summed E-state index contributed by atoms with van der Waals surface area (Å²) in [5.41, 5.74) is 0. The highest BCUT2D eigenvalue weighted by molar-refractivity contribution is 5.83. The van der Waals surface area contributed by atoms with Crippen molar-refractivity contribution in [1.29, 1.82) is 0 Å². The lowest BCUT2D eigenvalue weighted by molar-refractivity contribution is -0.133. The van der Waals surface area contributed by atoms with Gasteiger partial charge in [-0.1, -0.05) is 6.42 Å². The quantitative estimate of drug-likeness (QED) is 0.796. The van der Waals surface area contributed by atoms with Crippen molar-refractivity contribution in [3.8, 4) is 0 Å². The molecule has 4 aliphatic rings. The van der Waals surface area contributed by atoms with Gasteiger partial charge in [-0.05, 0) is 37.6 Å². The Hall–Kier alpha value is -0.650. The molecule has 4 unspecified atom stereocenters. The fraction of sp³-hybridized carbons (Fsp3) is 0.938. The predicted octanol–water partition coefficient (Wildman–Crippen LogP) is 0.308. The first-order valence-electron chi connectivity index (χ1n) is 8.67. The molecule has 0 aromatic heterocycles. The van der Waals surface area contributed by atoms with Crippen molar-refractivity contribution in [2.24, 2.45) is 11.8 Å². The van der Waals surface area contributed by atoms with Crippen LogP contribution in [0.15, 0.2) is 0 Å². The topological polar surface area (TPSA) is 44.8 Å². The number of morpholine rings is 1. The van der Waals surface area contributed by atoms with Crippen LogP contribution in [0.25, 0.3) is 0 Å². The molecule has 0 aromatic carbocycles. The smallest absolute Gasteiger partial charge is 0.240 e. The van der Waals surface area contributed by atoms with Crippen LogP contribution in [0.2, 0.25) is 0 Å². The molecule has 3 saturated heterocycles. The van der Waals surface area contributed by atoms with E-state index in [4.69, 9.17) is 4.74 Å². The molecule has 0 spiro atoms. The highest BCUT2D eigenvalue weighted by Gasteiger charge is 2.45. The molecule has 21 heavy (non-hydrogen) atoms. The Balaban J connectivity index is 1.35. The number of carbonyl (C=O) groups excluding carboxylic acids is 1. The number of nitrogens with one attached hydrogen (secondary N) is 1. The summed E-state index contributed by atoms with van der Waals surface area (Å²) in [6.45, 7) is 6.67. The minimum absolute atomic E-state index is 0.112. The molecule has 0 aromatic rings. The summed E-state index contributed by atoms with van der Waals surface area (Å²) < 4.78 is 5.43. The zero-order valence-electron chi connectivity index (χ0n) is 12.8. The third-order valence-corrected chi connectivity index (χ3v) is 6.05. The van der Waals surface area contributed by atoms with Gasteiger partial charge in [0.15, 0.2) is 0 Å². The van der Waals surface area contributed by atoms with Gasteiger partial charge >= 0.3 is 0 Å². The van der Waals surface area contributed by atoms with Gasteiger partial charge in [0.2, 0.25) is 5.91 Å². The van der Waals surface area contributed by atoms with Crippen molar-refractivity contribution in [2.45, 2.75) is 37.8 Å². The summed E-state index contributed by atoms with van der Waals surface area (Å²) in [5.74, 6) is 1.75. The number of likely N-dealkylation sites (tertiary alicyclic amines) is 1. The second-order valence-electron chi connectivity index (χ2n) is 7.12. The van der Waals surface area contributed by atoms with Crippen LogP contribution in [0.4, 0.5) is 0 Å². The SMILES string of the molecule is O=C(C1NCC2CCCC21)N1CCC(N2CCOCC2)C1. The first kappa shape index (κ1) is 14.0. The van der Waals surface area contributed by atoms with E-state index < -0.39 is 0 Å². The Labute approximate surface area is 127 Å².